The number of ether oxygens (including phenoxy) is 1. The summed E-state index contributed by atoms with van der Waals surface area (Å²) in [5, 5.41) is 5.79. The van der Waals surface area contributed by atoms with Crippen molar-refractivity contribution < 1.29 is 14.3 Å². The summed E-state index contributed by atoms with van der Waals surface area (Å²) in [5.74, 6) is 0.239. The molecule has 0 unspecified atom stereocenters. The van der Waals surface area contributed by atoms with E-state index in [1.54, 1.807) is 42.5 Å². The molecule has 5 nitrogen and oxygen atoms in total. The third-order valence-corrected chi connectivity index (χ3v) is 6.01. The normalized spacial score (nSPS) is 11.0. The standard InChI is InChI=1S/C32H32N2O3/c1-32(2,3)26-14-12-24(13-15-26)30(35)33-27-16-18-28(19-17-27)34-31(36)25-10-7-11-29(22-25)37-21-20-23-8-5-4-6-9-23/h4-19,22H,20-21H2,1-3H3,(H,33,35)(H,34,36). The fraction of sp³-hybridized carbons (Fsp3) is 0.188. The maximum absolute atomic E-state index is 12.8. The van der Waals surface area contributed by atoms with Crippen molar-refractivity contribution in [2.75, 3.05) is 17.2 Å². The summed E-state index contributed by atoms with van der Waals surface area (Å²) < 4.78 is 5.84. The van der Waals surface area contributed by atoms with Gasteiger partial charge in [-0.2, -0.15) is 0 Å². The number of nitrogens with one attached hydrogen (secondary N) is 2. The minimum atomic E-state index is -0.232. The molecular weight excluding hydrogens is 460 g/mol. The maximum Gasteiger partial charge on any atom is 0.255 e. The molecule has 0 fully saturated rings. The number of hydrogen-bond donors (Lipinski definition) is 2. The summed E-state index contributed by atoms with van der Waals surface area (Å²) in [5.41, 5.74) is 4.79. The number of anilines is 2. The zero-order valence-electron chi connectivity index (χ0n) is 21.5. The molecule has 5 heteroatoms. The Morgan fingerprint density at radius 1 is 0.676 bits per heavy atom. The first-order valence-corrected chi connectivity index (χ1v) is 12.4. The molecule has 4 rings (SSSR count). The van der Waals surface area contributed by atoms with Crippen molar-refractivity contribution in [1.29, 1.82) is 0 Å². The van der Waals surface area contributed by atoms with Gasteiger partial charge in [-0.3, -0.25) is 9.59 Å². The van der Waals surface area contributed by atoms with Crippen molar-refractivity contribution >= 4 is 23.2 Å². The van der Waals surface area contributed by atoms with Crippen molar-refractivity contribution in [1.82, 2.24) is 0 Å². The smallest absolute Gasteiger partial charge is 0.255 e. The summed E-state index contributed by atoms with van der Waals surface area (Å²) in [6.45, 7) is 6.95. The van der Waals surface area contributed by atoms with Crippen LogP contribution < -0.4 is 15.4 Å². The second kappa shape index (κ2) is 11.6. The number of carbonyl (C=O) groups excluding carboxylic acids is 2. The van der Waals surface area contributed by atoms with Gasteiger partial charge < -0.3 is 15.4 Å². The van der Waals surface area contributed by atoms with Crippen LogP contribution in [0, 0.1) is 0 Å². The monoisotopic (exact) mass is 492 g/mol. The van der Waals surface area contributed by atoms with Crippen molar-refractivity contribution in [3.8, 4) is 5.75 Å². The van der Waals surface area contributed by atoms with Crippen LogP contribution in [0.4, 0.5) is 11.4 Å². The molecule has 0 saturated heterocycles. The van der Waals surface area contributed by atoms with E-state index in [2.05, 4.69) is 43.5 Å². The number of amides is 2. The molecule has 0 atom stereocenters. The molecule has 4 aromatic carbocycles. The first-order chi connectivity index (χ1) is 17.8. The second-order valence-corrected chi connectivity index (χ2v) is 9.92. The van der Waals surface area contributed by atoms with E-state index >= 15 is 0 Å². The van der Waals surface area contributed by atoms with Gasteiger partial charge in [0, 0.05) is 28.9 Å². The minimum Gasteiger partial charge on any atom is -0.493 e. The van der Waals surface area contributed by atoms with Gasteiger partial charge in [-0.25, -0.2) is 0 Å². The summed E-state index contributed by atoms with van der Waals surface area (Å²) in [7, 11) is 0. The number of carbonyl (C=O) groups is 2. The highest BCUT2D eigenvalue weighted by Crippen LogP contribution is 2.23. The van der Waals surface area contributed by atoms with Crippen LogP contribution in [0.1, 0.15) is 52.6 Å². The van der Waals surface area contributed by atoms with Gasteiger partial charge in [-0.05, 0) is 71.1 Å². The molecule has 0 bridgehead atoms. The van der Waals surface area contributed by atoms with Gasteiger partial charge in [0.15, 0.2) is 0 Å². The molecule has 2 N–H and O–H groups in total. The van der Waals surface area contributed by atoms with Crippen LogP contribution in [-0.2, 0) is 11.8 Å². The van der Waals surface area contributed by atoms with Crippen LogP contribution in [0.15, 0.2) is 103 Å². The van der Waals surface area contributed by atoms with Crippen LogP contribution in [-0.4, -0.2) is 18.4 Å². The Hall–Kier alpha value is -4.38. The highest BCUT2D eigenvalue weighted by atomic mass is 16.5. The highest BCUT2D eigenvalue weighted by molar-refractivity contribution is 6.05. The van der Waals surface area contributed by atoms with Gasteiger partial charge in [0.2, 0.25) is 0 Å². The molecule has 0 aliphatic rings. The first-order valence-electron chi connectivity index (χ1n) is 12.4. The zero-order chi connectivity index (χ0) is 26.3. The summed E-state index contributed by atoms with van der Waals surface area (Å²) in [6.07, 6.45) is 0.794. The number of benzene rings is 4. The van der Waals surface area contributed by atoms with E-state index in [-0.39, 0.29) is 17.2 Å². The molecule has 4 aromatic rings. The predicted molar refractivity (Wildman–Crippen MR) is 150 cm³/mol. The largest absolute Gasteiger partial charge is 0.493 e. The Balaban J connectivity index is 1.30. The van der Waals surface area contributed by atoms with Crippen molar-refractivity contribution in [2.24, 2.45) is 0 Å². The molecule has 188 valence electrons. The third-order valence-electron chi connectivity index (χ3n) is 6.01. The summed E-state index contributed by atoms with van der Waals surface area (Å²) >= 11 is 0. The number of hydrogen-bond acceptors (Lipinski definition) is 3. The van der Waals surface area contributed by atoms with Gasteiger partial charge in [-0.1, -0.05) is 69.3 Å². The van der Waals surface area contributed by atoms with E-state index in [0.29, 0.717) is 34.9 Å². The zero-order valence-corrected chi connectivity index (χ0v) is 21.5. The quantitative estimate of drug-likeness (QED) is 0.275. The van der Waals surface area contributed by atoms with Gasteiger partial charge >= 0.3 is 0 Å². The van der Waals surface area contributed by atoms with Crippen molar-refractivity contribution in [2.45, 2.75) is 32.6 Å². The van der Waals surface area contributed by atoms with Gasteiger partial charge in [0.05, 0.1) is 6.61 Å². The van der Waals surface area contributed by atoms with Gasteiger partial charge in [-0.15, -0.1) is 0 Å². The Bertz CT molecular complexity index is 1340. The SMILES string of the molecule is CC(C)(C)c1ccc(C(=O)Nc2ccc(NC(=O)c3cccc(OCCc4ccccc4)c3)cc2)cc1. The molecule has 0 aromatic heterocycles. The summed E-state index contributed by atoms with van der Waals surface area (Å²) in [6, 6.07) is 32.0. The van der Waals surface area contributed by atoms with E-state index in [9.17, 15) is 9.59 Å². The Kier molecular flexibility index (Phi) is 8.04. The van der Waals surface area contributed by atoms with Crippen LogP contribution in [0.5, 0.6) is 5.75 Å². The predicted octanol–water partition coefficient (Wildman–Crippen LogP) is 7.11. The van der Waals surface area contributed by atoms with Gasteiger partial charge in [0.1, 0.15) is 5.75 Å². The maximum atomic E-state index is 12.8. The lowest BCUT2D eigenvalue weighted by Crippen LogP contribution is -2.14. The van der Waals surface area contributed by atoms with E-state index in [4.69, 9.17) is 4.74 Å². The lowest BCUT2D eigenvalue weighted by Gasteiger charge is -2.19. The molecular formula is C32H32N2O3. The molecule has 37 heavy (non-hydrogen) atoms. The lowest BCUT2D eigenvalue weighted by atomic mass is 9.87. The Labute approximate surface area is 218 Å². The van der Waals surface area contributed by atoms with E-state index in [1.807, 2.05) is 48.5 Å². The minimum absolute atomic E-state index is 0.0337. The fourth-order valence-corrected chi connectivity index (χ4v) is 3.82. The fourth-order valence-electron chi connectivity index (χ4n) is 3.82. The second-order valence-electron chi connectivity index (χ2n) is 9.92. The molecule has 0 spiro atoms. The van der Waals surface area contributed by atoms with Crippen LogP contribution >= 0.6 is 0 Å². The van der Waals surface area contributed by atoms with E-state index in [0.717, 1.165) is 6.42 Å². The van der Waals surface area contributed by atoms with Crippen molar-refractivity contribution in [3.05, 3.63) is 125 Å². The Morgan fingerprint density at radius 2 is 1.27 bits per heavy atom. The average molecular weight is 493 g/mol. The van der Waals surface area contributed by atoms with Crippen LogP contribution in [0.3, 0.4) is 0 Å². The Morgan fingerprint density at radius 3 is 1.86 bits per heavy atom. The summed E-state index contributed by atoms with van der Waals surface area (Å²) in [4.78, 5) is 25.4. The average Bonchev–Trinajstić information content (AvgIpc) is 2.90. The first kappa shape index (κ1) is 25.7. The highest BCUT2D eigenvalue weighted by Gasteiger charge is 2.14. The van der Waals surface area contributed by atoms with Crippen LogP contribution in [0.2, 0.25) is 0 Å². The van der Waals surface area contributed by atoms with Crippen LogP contribution in [0.25, 0.3) is 0 Å². The molecule has 0 radical (unpaired) electrons. The van der Waals surface area contributed by atoms with Crippen molar-refractivity contribution in [3.63, 3.8) is 0 Å². The molecule has 0 aliphatic carbocycles. The van der Waals surface area contributed by atoms with E-state index in [1.165, 1.54) is 11.1 Å². The topological polar surface area (TPSA) is 67.4 Å². The van der Waals surface area contributed by atoms with Gasteiger partial charge in [0.25, 0.3) is 11.8 Å². The number of rotatable bonds is 8. The molecule has 2 amide bonds. The molecule has 0 aliphatic heterocycles. The molecule has 0 heterocycles. The third kappa shape index (κ3) is 7.31. The van der Waals surface area contributed by atoms with E-state index < -0.39 is 0 Å². The molecule has 0 saturated carbocycles. The lowest BCUT2D eigenvalue weighted by molar-refractivity contribution is 0.101.